The summed E-state index contributed by atoms with van der Waals surface area (Å²) in [6.07, 6.45) is 5.76. The third-order valence-electron chi connectivity index (χ3n) is 4.06. The fraction of sp³-hybridized carbons (Fsp3) is 0.857. The predicted octanol–water partition coefficient (Wildman–Crippen LogP) is 1.84. The van der Waals surface area contributed by atoms with Gasteiger partial charge in [-0.1, -0.05) is 37.9 Å². The molecule has 1 saturated carbocycles. The minimum absolute atomic E-state index is 0.00551. The molecule has 0 aliphatic heterocycles. The van der Waals surface area contributed by atoms with Crippen molar-refractivity contribution in [1.82, 2.24) is 4.90 Å². The first kappa shape index (κ1) is 16.4. The van der Waals surface area contributed by atoms with Gasteiger partial charge in [0.05, 0.1) is 17.0 Å². The molecule has 0 radical (unpaired) electrons. The fourth-order valence-corrected chi connectivity index (χ4v) is 3.17. The summed E-state index contributed by atoms with van der Waals surface area (Å²) in [5, 5.41) is 9.15. The van der Waals surface area contributed by atoms with E-state index in [2.05, 4.69) is 0 Å². The maximum Gasteiger partial charge on any atom is 0.235 e. The predicted molar refractivity (Wildman–Crippen MR) is 80.9 cm³/mol. The van der Waals surface area contributed by atoms with Crippen LogP contribution in [-0.4, -0.2) is 40.1 Å². The van der Waals surface area contributed by atoms with Crippen molar-refractivity contribution in [3.05, 3.63) is 0 Å². The summed E-state index contributed by atoms with van der Waals surface area (Å²) in [6.45, 7) is 4.23. The van der Waals surface area contributed by atoms with Crippen molar-refractivity contribution < 1.29 is 9.90 Å². The molecule has 0 bridgehead atoms. The van der Waals surface area contributed by atoms with Gasteiger partial charge < -0.3 is 15.7 Å². The Bertz CT molecular complexity index is 323. The summed E-state index contributed by atoms with van der Waals surface area (Å²) in [4.78, 5) is 14.9. The van der Waals surface area contributed by atoms with Crippen LogP contribution in [0.15, 0.2) is 0 Å². The second kappa shape index (κ2) is 7.20. The highest BCUT2D eigenvalue weighted by molar-refractivity contribution is 7.80. The van der Waals surface area contributed by atoms with Gasteiger partial charge in [0.2, 0.25) is 5.91 Å². The Morgan fingerprint density at radius 3 is 2.21 bits per heavy atom. The molecule has 4 nitrogen and oxygen atoms in total. The van der Waals surface area contributed by atoms with Gasteiger partial charge >= 0.3 is 0 Å². The molecule has 0 spiro atoms. The molecular formula is C14H26N2O2S. The van der Waals surface area contributed by atoms with E-state index in [-0.39, 0.29) is 18.6 Å². The third kappa shape index (κ3) is 3.66. The minimum atomic E-state index is -0.689. The number of hydrogen-bond acceptors (Lipinski definition) is 3. The number of aliphatic hydroxyl groups is 1. The van der Waals surface area contributed by atoms with E-state index in [4.69, 9.17) is 23.1 Å². The molecule has 0 aromatic heterocycles. The van der Waals surface area contributed by atoms with Gasteiger partial charge in [-0.15, -0.1) is 0 Å². The molecule has 0 unspecified atom stereocenters. The lowest BCUT2D eigenvalue weighted by Crippen LogP contribution is -2.53. The normalized spacial score (nSPS) is 18.9. The summed E-state index contributed by atoms with van der Waals surface area (Å²) < 4.78 is 0. The van der Waals surface area contributed by atoms with Crippen molar-refractivity contribution in [3.63, 3.8) is 0 Å². The van der Waals surface area contributed by atoms with E-state index >= 15 is 0 Å². The van der Waals surface area contributed by atoms with Crippen molar-refractivity contribution in [3.8, 4) is 0 Å². The highest BCUT2D eigenvalue weighted by Crippen LogP contribution is 2.37. The van der Waals surface area contributed by atoms with Gasteiger partial charge in [-0.25, -0.2) is 0 Å². The molecule has 19 heavy (non-hydrogen) atoms. The topological polar surface area (TPSA) is 66.6 Å². The van der Waals surface area contributed by atoms with E-state index in [1.807, 2.05) is 13.8 Å². The zero-order chi connectivity index (χ0) is 14.5. The van der Waals surface area contributed by atoms with E-state index in [1.165, 1.54) is 0 Å². The van der Waals surface area contributed by atoms with Crippen LogP contribution < -0.4 is 5.73 Å². The SMILES string of the molecule is CC(C)N(CCO)C(=O)C1(C(N)=S)CCCCCC1. The molecule has 0 saturated heterocycles. The molecule has 0 heterocycles. The van der Waals surface area contributed by atoms with Gasteiger partial charge in [-0.2, -0.15) is 0 Å². The lowest BCUT2D eigenvalue weighted by atomic mass is 9.78. The van der Waals surface area contributed by atoms with Crippen molar-refractivity contribution in [1.29, 1.82) is 0 Å². The van der Waals surface area contributed by atoms with E-state index in [1.54, 1.807) is 4.90 Å². The Morgan fingerprint density at radius 1 is 1.32 bits per heavy atom. The summed E-state index contributed by atoms with van der Waals surface area (Å²) in [5.74, 6) is 0.00551. The minimum Gasteiger partial charge on any atom is -0.395 e. The standard InChI is InChI=1S/C14H26N2O2S/c1-11(2)16(9-10-17)13(18)14(12(15)19)7-5-3-4-6-8-14/h11,17H,3-10H2,1-2H3,(H2,15,19). The monoisotopic (exact) mass is 286 g/mol. The molecule has 3 N–H and O–H groups in total. The molecule has 1 fully saturated rings. The summed E-state index contributed by atoms with van der Waals surface area (Å²) in [5.41, 5.74) is 5.24. The molecule has 0 atom stereocenters. The molecular weight excluding hydrogens is 260 g/mol. The Hall–Kier alpha value is -0.680. The van der Waals surface area contributed by atoms with Crippen LogP contribution >= 0.6 is 12.2 Å². The van der Waals surface area contributed by atoms with Gasteiger partial charge in [-0.3, -0.25) is 4.79 Å². The molecule has 0 aromatic carbocycles. The van der Waals surface area contributed by atoms with Gasteiger partial charge in [0.15, 0.2) is 0 Å². The van der Waals surface area contributed by atoms with Gasteiger partial charge in [0.1, 0.15) is 0 Å². The molecule has 1 amide bonds. The Labute approximate surface area is 121 Å². The molecule has 5 heteroatoms. The Morgan fingerprint density at radius 2 is 1.84 bits per heavy atom. The average molecular weight is 286 g/mol. The van der Waals surface area contributed by atoms with Crippen LogP contribution in [0.4, 0.5) is 0 Å². The average Bonchev–Trinajstić information content (AvgIpc) is 2.61. The van der Waals surface area contributed by atoms with Gasteiger partial charge in [0.25, 0.3) is 0 Å². The highest BCUT2D eigenvalue weighted by Gasteiger charge is 2.44. The number of carbonyl (C=O) groups is 1. The summed E-state index contributed by atoms with van der Waals surface area (Å²) in [7, 11) is 0. The number of rotatable bonds is 5. The first-order chi connectivity index (χ1) is 8.95. The van der Waals surface area contributed by atoms with Crippen molar-refractivity contribution in [2.75, 3.05) is 13.2 Å². The van der Waals surface area contributed by atoms with E-state index in [0.717, 1.165) is 38.5 Å². The first-order valence-electron chi connectivity index (χ1n) is 7.17. The van der Waals surface area contributed by atoms with Gasteiger partial charge in [-0.05, 0) is 26.7 Å². The van der Waals surface area contributed by atoms with Crippen LogP contribution in [0.5, 0.6) is 0 Å². The second-order valence-electron chi connectivity index (χ2n) is 5.68. The Balaban J connectivity index is 3.02. The van der Waals surface area contributed by atoms with E-state index < -0.39 is 5.41 Å². The summed E-state index contributed by atoms with van der Waals surface area (Å²) in [6, 6.07) is 0.0501. The molecule has 1 aliphatic rings. The maximum absolute atomic E-state index is 12.9. The van der Waals surface area contributed by atoms with Crippen LogP contribution in [0.2, 0.25) is 0 Å². The number of hydrogen-bond donors (Lipinski definition) is 2. The molecule has 110 valence electrons. The van der Waals surface area contributed by atoms with Crippen LogP contribution in [-0.2, 0) is 4.79 Å². The number of aliphatic hydroxyl groups excluding tert-OH is 1. The number of nitrogens with zero attached hydrogens (tertiary/aromatic N) is 1. The number of amides is 1. The number of carbonyl (C=O) groups excluding carboxylic acids is 1. The van der Waals surface area contributed by atoms with E-state index in [0.29, 0.717) is 11.5 Å². The molecule has 0 aromatic rings. The number of thiocarbonyl (C=S) groups is 1. The lowest BCUT2D eigenvalue weighted by molar-refractivity contribution is -0.141. The fourth-order valence-electron chi connectivity index (χ4n) is 2.87. The third-order valence-corrected chi connectivity index (χ3v) is 4.45. The number of nitrogens with two attached hydrogens (primary N) is 1. The van der Waals surface area contributed by atoms with Crippen molar-refractivity contribution in [2.45, 2.75) is 58.4 Å². The largest absolute Gasteiger partial charge is 0.395 e. The maximum atomic E-state index is 12.9. The van der Waals surface area contributed by atoms with Gasteiger partial charge in [0, 0.05) is 12.6 Å². The van der Waals surface area contributed by atoms with Crippen LogP contribution in [0.25, 0.3) is 0 Å². The lowest BCUT2D eigenvalue weighted by Gasteiger charge is -2.37. The van der Waals surface area contributed by atoms with Crippen LogP contribution in [0, 0.1) is 5.41 Å². The zero-order valence-electron chi connectivity index (χ0n) is 12.0. The van der Waals surface area contributed by atoms with Crippen molar-refractivity contribution in [2.24, 2.45) is 11.1 Å². The Kier molecular flexibility index (Phi) is 6.20. The van der Waals surface area contributed by atoms with Crippen LogP contribution in [0.3, 0.4) is 0 Å². The first-order valence-corrected chi connectivity index (χ1v) is 7.58. The van der Waals surface area contributed by atoms with Crippen LogP contribution in [0.1, 0.15) is 52.4 Å². The summed E-state index contributed by atoms with van der Waals surface area (Å²) >= 11 is 5.22. The zero-order valence-corrected chi connectivity index (χ0v) is 12.8. The highest BCUT2D eigenvalue weighted by atomic mass is 32.1. The molecule has 1 aliphatic carbocycles. The van der Waals surface area contributed by atoms with E-state index in [9.17, 15) is 4.79 Å². The molecule has 1 rings (SSSR count). The second-order valence-corrected chi connectivity index (χ2v) is 6.12. The smallest absolute Gasteiger partial charge is 0.235 e. The quantitative estimate of drug-likeness (QED) is 0.598. The van der Waals surface area contributed by atoms with Crippen molar-refractivity contribution >= 4 is 23.1 Å².